The minimum Gasteiger partial charge on any atom is -0.496 e. The van der Waals surface area contributed by atoms with E-state index in [0.29, 0.717) is 17.1 Å². The third kappa shape index (κ3) is 12.9. The number of anilines is 1. The van der Waals surface area contributed by atoms with Crippen LogP contribution in [0.5, 0.6) is 5.75 Å². The molecule has 15 heteroatoms. The number of nitrogens with one attached hydrogen (secondary N) is 2. The molecular weight excluding hydrogens is 585 g/mol. The molecule has 0 spiro atoms. The van der Waals surface area contributed by atoms with Crippen LogP contribution in [-0.4, -0.2) is 156 Å². The van der Waals surface area contributed by atoms with Gasteiger partial charge in [-0.25, -0.2) is 13.2 Å². The average molecular weight is 620 g/mol. The number of aromatic amines is 1. The monoisotopic (exact) mass is 619 g/mol. The molecule has 0 atom stereocenters. The van der Waals surface area contributed by atoms with E-state index in [-0.39, 0.29) is 130 Å². The number of nitrogens with zero attached hydrogens (tertiary/aromatic N) is 1. The maximum atomic E-state index is 12.4. The van der Waals surface area contributed by atoms with E-state index in [4.69, 9.17) is 4.74 Å². The van der Waals surface area contributed by atoms with Crippen molar-refractivity contribution in [3.8, 4) is 11.4 Å². The quantitative estimate of drug-likeness (QED) is 0.268. The summed E-state index contributed by atoms with van der Waals surface area (Å²) in [6.07, 6.45) is 6.28. The number of ether oxygens (including phenoxy) is 1. The maximum Gasteiger partial charge on any atom is 0.332 e. The number of H-pyrrole nitrogens is 1. The van der Waals surface area contributed by atoms with Crippen LogP contribution in [0, 0.1) is 0 Å². The second kappa shape index (κ2) is 18.9. The first-order chi connectivity index (χ1) is 15.4. The van der Waals surface area contributed by atoms with Crippen molar-refractivity contribution in [2.75, 3.05) is 18.1 Å². The number of benzene rings is 2. The minimum atomic E-state index is -3.34. The van der Waals surface area contributed by atoms with E-state index in [2.05, 4.69) is 9.71 Å². The van der Waals surface area contributed by atoms with Gasteiger partial charge in [-0.1, -0.05) is 45.1 Å². The summed E-state index contributed by atoms with van der Waals surface area (Å²) in [7, 11) is -1.75. The van der Waals surface area contributed by atoms with Crippen molar-refractivity contribution >= 4 is 131 Å². The van der Waals surface area contributed by atoms with E-state index in [9.17, 15) is 18.0 Å². The van der Waals surface area contributed by atoms with Crippen LogP contribution in [0.4, 0.5) is 5.69 Å². The Labute approximate surface area is 312 Å². The number of methoxy groups -OCH3 is 1. The van der Waals surface area contributed by atoms with E-state index < -0.39 is 21.3 Å². The van der Waals surface area contributed by atoms with Gasteiger partial charge in [0.15, 0.2) is 0 Å². The Kier molecular flexibility index (Phi) is 22.0. The van der Waals surface area contributed by atoms with Gasteiger partial charge in [0.1, 0.15) is 5.75 Å². The summed E-state index contributed by atoms with van der Waals surface area (Å²) in [5.41, 5.74) is 2.28. The van der Waals surface area contributed by atoms with Crippen molar-refractivity contribution in [1.82, 2.24) is 9.55 Å². The van der Waals surface area contributed by atoms with Gasteiger partial charge < -0.3 is 26.6 Å². The van der Waals surface area contributed by atoms with Gasteiger partial charge in [0.05, 0.1) is 19.1 Å². The first-order valence-electron chi connectivity index (χ1n) is 10.2. The number of aromatic nitrogens is 2. The summed E-state index contributed by atoms with van der Waals surface area (Å²) in [6.45, 7) is 6.14. The van der Waals surface area contributed by atoms with E-state index >= 15 is 0 Å². The second-order valence-electron chi connectivity index (χ2n) is 8.68. The summed E-state index contributed by atoms with van der Waals surface area (Å²) in [5, 5.41) is 0. The fraction of sp³-hybridized carbons (Fsp3) is 0.250. The molecule has 0 amide bonds. The van der Waals surface area contributed by atoms with Gasteiger partial charge in [-0.3, -0.25) is 19.1 Å². The number of rotatable bonds is 6. The van der Waals surface area contributed by atoms with Gasteiger partial charge in [0.25, 0.3) is 5.56 Å². The predicted octanol–water partition coefficient (Wildman–Crippen LogP) is -0.687. The van der Waals surface area contributed by atoms with E-state index in [0.717, 1.165) is 22.9 Å². The van der Waals surface area contributed by atoms with Gasteiger partial charge in [-0.05, 0) is 35.2 Å². The Hall–Kier alpha value is -0.477. The van der Waals surface area contributed by atoms with E-state index in [1.807, 2.05) is 45.1 Å². The van der Waals surface area contributed by atoms with Gasteiger partial charge in [0.2, 0.25) is 10.0 Å². The largest absolute Gasteiger partial charge is 0.496 e. The molecule has 3 rings (SSSR count). The Morgan fingerprint density at radius 2 is 1.49 bits per heavy atom. The first-order valence-corrected chi connectivity index (χ1v) is 12.1. The van der Waals surface area contributed by atoms with Crippen molar-refractivity contribution in [1.29, 1.82) is 0 Å². The molecule has 3 aromatic rings. The van der Waals surface area contributed by atoms with Crippen LogP contribution in [0.15, 0.2) is 58.3 Å². The molecule has 0 fully saturated rings. The molecule has 1 heterocycles. The average Bonchev–Trinajstić information content (AvgIpc) is 2.71. The third-order valence-corrected chi connectivity index (χ3v) is 5.49. The summed E-state index contributed by atoms with van der Waals surface area (Å²) in [5.74, 6) is 0.676. The van der Waals surface area contributed by atoms with Crippen LogP contribution in [-0.2, 0) is 15.4 Å². The predicted molar refractivity (Wildman–Crippen MR) is 158 cm³/mol. The first kappa shape index (κ1) is 45.5. The van der Waals surface area contributed by atoms with Crippen molar-refractivity contribution in [3.05, 3.63) is 86.2 Å². The third-order valence-electron chi connectivity index (χ3n) is 4.89. The van der Waals surface area contributed by atoms with Gasteiger partial charge in [-0.2, -0.15) is 0 Å². The molecule has 0 aliphatic heterocycles. The Balaban J connectivity index is -0.00000102. The summed E-state index contributed by atoms with van der Waals surface area (Å²) < 4.78 is 32.3. The number of sulfonamides is 1. The van der Waals surface area contributed by atoms with Crippen molar-refractivity contribution in [3.63, 3.8) is 0 Å². The Morgan fingerprint density at radius 1 is 0.923 bits per heavy atom. The molecule has 0 aliphatic rings. The molecule has 12 nitrogen and oxygen atoms in total. The zero-order chi connectivity index (χ0) is 24.4. The normalized spacial score (nSPS) is 10.3. The molecule has 2 aromatic carbocycles. The second-order valence-corrected chi connectivity index (χ2v) is 10.4. The van der Waals surface area contributed by atoms with Crippen molar-refractivity contribution in [2.45, 2.75) is 26.2 Å². The molecule has 10 N–H and O–H groups in total. The summed E-state index contributed by atoms with van der Waals surface area (Å²) >= 11 is 0. The van der Waals surface area contributed by atoms with Crippen molar-refractivity contribution < 1.29 is 35.1 Å². The van der Waals surface area contributed by atoms with E-state index in [1.54, 1.807) is 31.4 Å². The fourth-order valence-corrected chi connectivity index (χ4v) is 3.93. The topological polar surface area (TPSA) is 236 Å². The molecule has 0 saturated carbocycles. The molecule has 0 aliphatic carbocycles. The fourth-order valence-electron chi connectivity index (χ4n) is 3.37. The zero-order valence-corrected chi connectivity index (χ0v) is 30.2. The van der Waals surface area contributed by atoms with Crippen LogP contribution in [0.2, 0.25) is 0 Å². The maximum absolute atomic E-state index is 12.4. The SMILES string of the molecule is COc1c(/C=C/c2ccc(NS(C)(=O)=O)cc2)cc(-n2ccc(=O)[nH]c2=O)cc1C(C)(C)C.O.O.O.O.[K].[K]. The summed E-state index contributed by atoms with van der Waals surface area (Å²) in [6, 6.07) is 11.9. The molecular formula is C24H35K2N3O9S. The van der Waals surface area contributed by atoms with Crippen LogP contribution < -0.4 is 20.7 Å². The minimum absolute atomic E-state index is 0. The number of hydrogen-bond acceptors (Lipinski definition) is 5. The molecule has 39 heavy (non-hydrogen) atoms. The molecule has 1 aromatic heterocycles. The van der Waals surface area contributed by atoms with Crippen LogP contribution in [0.3, 0.4) is 0 Å². The molecule has 0 bridgehead atoms. The smallest absolute Gasteiger partial charge is 0.332 e. The van der Waals surface area contributed by atoms with Crippen LogP contribution in [0.25, 0.3) is 17.8 Å². The van der Waals surface area contributed by atoms with Gasteiger partial charge >= 0.3 is 5.69 Å². The summed E-state index contributed by atoms with van der Waals surface area (Å²) in [4.78, 5) is 26.2. The molecule has 0 unspecified atom stereocenters. The zero-order valence-electron chi connectivity index (χ0n) is 23.2. The molecule has 208 valence electrons. The van der Waals surface area contributed by atoms with Crippen LogP contribution >= 0.6 is 0 Å². The molecule has 0 saturated heterocycles. The Bertz CT molecular complexity index is 1430. The standard InChI is InChI=1S/C24H27N3O5S.2K.4H2O/c1-24(2,3)20-15-19(27-13-12-21(28)25-23(27)29)14-17(22(20)32-4)9-6-16-7-10-18(11-8-16)26-33(5,30)31;;;;;;/h6-15,26H,1-5H3,(H,25,28,29);;;4*1H2/b9-6+;;;;;;. The van der Waals surface area contributed by atoms with Crippen LogP contribution in [0.1, 0.15) is 37.5 Å². The van der Waals surface area contributed by atoms with Gasteiger partial charge in [-0.15, -0.1) is 0 Å². The molecule has 2 radical (unpaired) electrons. The number of hydrogen-bond donors (Lipinski definition) is 2. The Morgan fingerprint density at radius 3 is 1.95 bits per heavy atom. The van der Waals surface area contributed by atoms with E-state index in [1.165, 1.54) is 16.8 Å². The van der Waals surface area contributed by atoms with Gasteiger partial charge in [0, 0.05) is 132 Å². The van der Waals surface area contributed by atoms with Crippen molar-refractivity contribution in [2.24, 2.45) is 0 Å².